The summed E-state index contributed by atoms with van der Waals surface area (Å²) in [6, 6.07) is 6.05. The Morgan fingerprint density at radius 3 is 2.59 bits per heavy atom. The summed E-state index contributed by atoms with van der Waals surface area (Å²) in [5, 5.41) is 2.55. The fraction of sp³-hybridized carbons (Fsp3) is 0.429. The third-order valence-electron chi connectivity index (χ3n) is 2.73. The van der Waals surface area contributed by atoms with Crippen molar-refractivity contribution in [2.75, 3.05) is 24.2 Å². The van der Waals surface area contributed by atoms with E-state index in [4.69, 9.17) is 12.2 Å². The van der Waals surface area contributed by atoms with Crippen molar-refractivity contribution in [3.63, 3.8) is 0 Å². The van der Waals surface area contributed by atoms with Crippen molar-refractivity contribution in [2.45, 2.75) is 20.5 Å². The molecular formula is C14H18F2N2O2S2. The van der Waals surface area contributed by atoms with E-state index in [0.29, 0.717) is 4.32 Å². The second kappa shape index (κ2) is 9.58. The van der Waals surface area contributed by atoms with E-state index in [1.165, 1.54) is 23.9 Å². The minimum atomic E-state index is -2.94. The van der Waals surface area contributed by atoms with Gasteiger partial charge in [-0.2, -0.15) is 8.78 Å². The van der Waals surface area contributed by atoms with E-state index in [9.17, 15) is 13.6 Å². The predicted octanol–water partition coefficient (Wildman–Crippen LogP) is 3.59. The lowest BCUT2D eigenvalue weighted by Gasteiger charge is -2.20. The van der Waals surface area contributed by atoms with Gasteiger partial charge in [0.1, 0.15) is 10.1 Å². The number of thiocarbonyl (C=S) groups is 1. The van der Waals surface area contributed by atoms with E-state index in [1.807, 2.05) is 18.7 Å². The molecule has 0 aliphatic heterocycles. The summed E-state index contributed by atoms with van der Waals surface area (Å²) in [5.74, 6) is -0.287. The van der Waals surface area contributed by atoms with Gasteiger partial charge >= 0.3 is 6.61 Å². The summed E-state index contributed by atoms with van der Waals surface area (Å²) in [7, 11) is 0. The van der Waals surface area contributed by atoms with Crippen LogP contribution in [0.3, 0.4) is 0 Å². The van der Waals surface area contributed by atoms with Gasteiger partial charge in [-0.25, -0.2) is 0 Å². The number of rotatable bonds is 7. The largest absolute Gasteiger partial charge is 0.433 e. The van der Waals surface area contributed by atoms with Crippen LogP contribution in [0.25, 0.3) is 0 Å². The molecule has 0 spiro atoms. The summed E-state index contributed by atoms with van der Waals surface area (Å²) >= 11 is 6.46. The summed E-state index contributed by atoms with van der Waals surface area (Å²) in [6.45, 7) is 2.56. The SMILES string of the molecule is CCN(CC)C(=S)SCC(=O)Nc1ccccc1OC(F)F. The number of para-hydroxylation sites is 2. The first kappa shape index (κ1) is 18.6. The van der Waals surface area contributed by atoms with Crippen LogP contribution in [0.15, 0.2) is 24.3 Å². The highest BCUT2D eigenvalue weighted by atomic mass is 32.2. The average Bonchev–Trinajstić information content (AvgIpc) is 2.48. The molecule has 0 unspecified atom stereocenters. The number of anilines is 1. The van der Waals surface area contributed by atoms with Gasteiger partial charge in [-0.3, -0.25) is 4.79 Å². The first-order valence-electron chi connectivity index (χ1n) is 6.73. The maximum absolute atomic E-state index is 12.3. The minimum absolute atomic E-state index is 0.0674. The first-order chi connectivity index (χ1) is 10.5. The molecular weight excluding hydrogens is 330 g/mol. The van der Waals surface area contributed by atoms with E-state index in [1.54, 1.807) is 12.1 Å². The number of hydrogen-bond donors (Lipinski definition) is 1. The van der Waals surface area contributed by atoms with E-state index in [2.05, 4.69) is 10.1 Å². The zero-order valence-electron chi connectivity index (χ0n) is 12.3. The highest BCUT2D eigenvalue weighted by Crippen LogP contribution is 2.25. The standard InChI is InChI=1S/C14H18F2N2O2S2/c1-3-18(4-2)14(21)22-9-12(19)17-10-7-5-6-8-11(10)20-13(15)16/h5-8,13H,3-4,9H2,1-2H3,(H,17,19). The lowest BCUT2D eigenvalue weighted by atomic mass is 10.3. The maximum Gasteiger partial charge on any atom is 0.387 e. The number of nitrogens with zero attached hydrogens (tertiary/aromatic N) is 1. The molecule has 4 nitrogen and oxygen atoms in total. The molecule has 122 valence electrons. The molecule has 0 radical (unpaired) electrons. The number of nitrogens with one attached hydrogen (secondary N) is 1. The molecule has 1 rings (SSSR count). The molecule has 0 saturated carbocycles. The van der Waals surface area contributed by atoms with Gasteiger partial charge in [-0.15, -0.1) is 0 Å². The van der Waals surface area contributed by atoms with Gasteiger partial charge in [-0.1, -0.05) is 36.1 Å². The number of benzene rings is 1. The van der Waals surface area contributed by atoms with Crippen molar-refractivity contribution in [3.8, 4) is 5.75 Å². The zero-order chi connectivity index (χ0) is 16.5. The summed E-state index contributed by atoms with van der Waals surface area (Å²) in [6.07, 6.45) is 0. The van der Waals surface area contributed by atoms with Gasteiger partial charge in [0, 0.05) is 13.1 Å². The van der Waals surface area contributed by atoms with E-state index < -0.39 is 6.61 Å². The Hall–Kier alpha value is -1.41. The van der Waals surface area contributed by atoms with Crippen LogP contribution in [-0.2, 0) is 4.79 Å². The fourth-order valence-electron chi connectivity index (χ4n) is 1.66. The third-order valence-corrected chi connectivity index (χ3v) is 4.25. The van der Waals surface area contributed by atoms with Crippen LogP contribution in [0.1, 0.15) is 13.8 Å². The quantitative estimate of drug-likeness (QED) is 0.763. The fourth-order valence-corrected chi connectivity index (χ4v) is 2.86. The molecule has 22 heavy (non-hydrogen) atoms. The highest BCUT2D eigenvalue weighted by molar-refractivity contribution is 8.23. The van der Waals surface area contributed by atoms with Crippen molar-refractivity contribution >= 4 is 39.9 Å². The first-order valence-corrected chi connectivity index (χ1v) is 8.12. The van der Waals surface area contributed by atoms with Gasteiger partial charge in [0.15, 0.2) is 0 Å². The number of alkyl halides is 2. The maximum atomic E-state index is 12.3. The lowest BCUT2D eigenvalue weighted by molar-refractivity contribution is -0.113. The molecule has 1 aromatic rings. The second-order valence-electron chi connectivity index (χ2n) is 4.15. The predicted molar refractivity (Wildman–Crippen MR) is 89.7 cm³/mol. The molecule has 0 aliphatic rings. The molecule has 1 N–H and O–H groups in total. The van der Waals surface area contributed by atoms with Crippen LogP contribution < -0.4 is 10.1 Å². The number of halogens is 2. The van der Waals surface area contributed by atoms with Gasteiger partial charge in [0.25, 0.3) is 0 Å². The molecule has 0 aliphatic carbocycles. The Bertz CT molecular complexity index is 511. The monoisotopic (exact) mass is 348 g/mol. The molecule has 1 amide bonds. The van der Waals surface area contributed by atoms with Crippen LogP contribution in [-0.4, -0.2) is 40.6 Å². The Labute approximate surface area is 138 Å². The number of carbonyl (C=O) groups excluding carboxylic acids is 1. The van der Waals surface area contributed by atoms with Crippen molar-refractivity contribution in [3.05, 3.63) is 24.3 Å². The Kier molecular flexibility index (Phi) is 8.11. The summed E-state index contributed by atoms with van der Waals surface area (Å²) < 4.78 is 29.6. The summed E-state index contributed by atoms with van der Waals surface area (Å²) in [4.78, 5) is 13.9. The van der Waals surface area contributed by atoms with Crippen molar-refractivity contribution < 1.29 is 18.3 Å². The Morgan fingerprint density at radius 1 is 1.36 bits per heavy atom. The molecule has 0 bridgehead atoms. The topological polar surface area (TPSA) is 41.6 Å². The Balaban J connectivity index is 2.57. The number of thioether (sulfide) groups is 1. The zero-order valence-corrected chi connectivity index (χ0v) is 14.0. The molecule has 0 saturated heterocycles. The van der Waals surface area contributed by atoms with Crippen LogP contribution in [0.4, 0.5) is 14.5 Å². The Morgan fingerprint density at radius 2 is 2.00 bits per heavy atom. The number of carbonyl (C=O) groups is 1. The van der Waals surface area contributed by atoms with Crippen molar-refractivity contribution in [2.24, 2.45) is 0 Å². The van der Waals surface area contributed by atoms with Gasteiger partial charge in [0.2, 0.25) is 5.91 Å². The normalized spacial score (nSPS) is 10.4. The molecule has 0 aromatic heterocycles. The second-order valence-corrected chi connectivity index (χ2v) is 5.76. The number of amides is 1. The molecule has 0 atom stereocenters. The smallest absolute Gasteiger partial charge is 0.387 e. The van der Waals surface area contributed by atoms with E-state index >= 15 is 0 Å². The van der Waals surface area contributed by atoms with E-state index in [0.717, 1.165) is 13.1 Å². The van der Waals surface area contributed by atoms with E-state index in [-0.39, 0.29) is 23.1 Å². The lowest BCUT2D eigenvalue weighted by Crippen LogP contribution is -2.28. The van der Waals surface area contributed by atoms with Gasteiger partial charge in [0.05, 0.1) is 11.4 Å². The third kappa shape index (κ3) is 6.15. The van der Waals surface area contributed by atoms with Crippen LogP contribution in [0.2, 0.25) is 0 Å². The minimum Gasteiger partial charge on any atom is -0.433 e. The molecule has 8 heteroatoms. The van der Waals surface area contributed by atoms with Crippen molar-refractivity contribution in [1.82, 2.24) is 4.90 Å². The number of ether oxygens (including phenoxy) is 1. The number of hydrogen-bond acceptors (Lipinski definition) is 4. The highest BCUT2D eigenvalue weighted by Gasteiger charge is 2.13. The van der Waals surface area contributed by atoms with Crippen LogP contribution >= 0.6 is 24.0 Å². The molecule has 1 aromatic carbocycles. The molecule has 0 heterocycles. The van der Waals surface area contributed by atoms with Crippen LogP contribution in [0, 0.1) is 0 Å². The van der Waals surface area contributed by atoms with Gasteiger partial charge < -0.3 is 15.0 Å². The average molecular weight is 348 g/mol. The van der Waals surface area contributed by atoms with Crippen molar-refractivity contribution in [1.29, 1.82) is 0 Å². The molecule has 0 fully saturated rings. The van der Waals surface area contributed by atoms with Crippen LogP contribution in [0.5, 0.6) is 5.75 Å². The summed E-state index contributed by atoms with van der Waals surface area (Å²) in [5.41, 5.74) is 0.210. The van der Waals surface area contributed by atoms with Gasteiger partial charge in [-0.05, 0) is 26.0 Å².